The van der Waals surface area contributed by atoms with Gasteiger partial charge in [0.2, 0.25) is 0 Å². The molecular weight excluding hydrogens is 204 g/mol. The smallest absolute Gasteiger partial charge is 0.309 e. The van der Waals surface area contributed by atoms with E-state index in [-0.39, 0.29) is 11.9 Å². The predicted octanol–water partition coefficient (Wildman–Crippen LogP) is 0.855. The molecule has 16 heavy (non-hydrogen) atoms. The molecular formula is C12H24N2O2. The van der Waals surface area contributed by atoms with Crippen LogP contribution in [0.25, 0.3) is 0 Å². The number of nitrogens with zero attached hydrogens (tertiary/aromatic N) is 1. The predicted molar refractivity (Wildman–Crippen MR) is 64.0 cm³/mol. The molecule has 0 saturated carbocycles. The van der Waals surface area contributed by atoms with Gasteiger partial charge in [-0.1, -0.05) is 13.8 Å². The van der Waals surface area contributed by atoms with Crippen molar-refractivity contribution in [3.63, 3.8) is 0 Å². The van der Waals surface area contributed by atoms with Gasteiger partial charge in [-0.2, -0.15) is 0 Å². The lowest BCUT2D eigenvalue weighted by molar-refractivity contribution is -0.145. The van der Waals surface area contributed by atoms with Gasteiger partial charge < -0.3 is 10.5 Å². The van der Waals surface area contributed by atoms with Gasteiger partial charge in [0.15, 0.2) is 0 Å². The lowest BCUT2D eigenvalue weighted by atomic mass is 9.91. The summed E-state index contributed by atoms with van der Waals surface area (Å²) in [6.07, 6.45) is 2.34. The number of ether oxygens (including phenoxy) is 1. The Morgan fingerprint density at radius 1 is 1.62 bits per heavy atom. The summed E-state index contributed by atoms with van der Waals surface area (Å²) in [4.78, 5) is 13.7. The number of carbonyl (C=O) groups excluding carboxylic acids is 1. The van der Waals surface area contributed by atoms with E-state index < -0.39 is 0 Å². The number of nitrogens with two attached hydrogens (primary N) is 1. The Labute approximate surface area is 98.1 Å². The summed E-state index contributed by atoms with van der Waals surface area (Å²) < 4.78 is 4.75. The largest absolute Gasteiger partial charge is 0.469 e. The fourth-order valence-corrected chi connectivity index (χ4v) is 2.41. The Bertz CT molecular complexity index is 233. The number of rotatable bonds is 4. The average Bonchev–Trinajstić information content (AvgIpc) is 2.30. The van der Waals surface area contributed by atoms with Gasteiger partial charge in [-0.05, 0) is 25.3 Å². The molecule has 0 aromatic heterocycles. The zero-order valence-corrected chi connectivity index (χ0v) is 10.6. The minimum atomic E-state index is -0.130. The third-order valence-corrected chi connectivity index (χ3v) is 3.48. The number of piperidine rings is 1. The minimum Gasteiger partial charge on any atom is -0.469 e. The molecule has 3 atom stereocenters. The lowest BCUT2D eigenvalue weighted by Crippen LogP contribution is -2.48. The maximum atomic E-state index is 11.4. The van der Waals surface area contributed by atoms with Crippen LogP contribution in [-0.4, -0.2) is 43.7 Å². The van der Waals surface area contributed by atoms with Gasteiger partial charge in [-0.15, -0.1) is 0 Å². The molecule has 94 valence electrons. The first-order valence-corrected chi connectivity index (χ1v) is 6.10. The van der Waals surface area contributed by atoms with Crippen LogP contribution in [-0.2, 0) is 9.53 Å². The van der Waals surface area contributed by atoms with Crippen molar-refractivity contribution in [2.24, 2.45) is 17.6 Å². The van der Waals surface area contributed by atoms with Crippen molar-refractivity contribution in [1.29, 1.82) is 0 Å². The van der Waals surface area contributed by atoms with Crippen LogP contribution in [0.4, 0.5) is 0 Å². The summed E-state index contributed by atoms with van der Waals surface area (Å²) in [5.74, 6) is 0.556. The lowest BCUT2D eigenvalue weighted by Gasteiger charge is -2.38. The molecule has 0 aliphatic carbocycles. The van der Waals surface area contributed by atoms with Gasteiger partial charge in [0.25, 0.3) is 0 Å². The maximum Gasteiger partial charge on any atom is 0.309 e. The van der Waals surface area contributed by atoms with Crippen LogP contribution in [0.3, 0.4) is 0 Å². The first-order valence-electron chi connectivity index (χ1n) is 6.10. The molecule has 4 nitrogen and oxygen atoms in total. The van der Waals surface area contributed by atoms with E-state index in [2.05, 4.69) is 11.8 Å². The second-order valence-corrected chi connectivity index (χ2v) is 4.94. The van der Waals surface area contributed by atoms with Crippen LogP contribution in [0.5, 0.6) is 0 Å². The van der Waals surface area contributed by atoms with Crippen LogP contribution < -0.4 is 5.73 Å². The Kier molecular flexibility index (Phi) is 5.22. The summed E-state index contributed by atoms with van der Waals surface area (Å²) in [7, 11) is 1.44. The molecule has 0 radical (unpaired) electrons. The van der Waals surface area contributed by atoms with Gasteiger partial charge >= 0.3 is 5.97 Å². The first-order chi connectivity index (χ1) is 7.58. The number of carbonyl (C=O) groups is 1. The Balaban J connectivity index is 2.48. The van der Waals surface area contributed by atoms with Crippen molar-refractivity contribution in [2.45, 2.75) is 32.7 Å². The first kappa shape index (κ1) is 13.5. The molecule has 3 unspecified atom stereocenters. The molecule has 4 heteroatoms. The van der Waals surface area contributed by atoms with Crippen LogP contribution >= 0.6 is 0 Å². The van der Waals surface area contributed by atoms with Crippen molar-refractivity contribution in [2.75, 3.05) is 26.7 Å². The molecule has 0 aromatic carbocycles. The molecule has 2 N–H and O–H groups in total. The highest BCUT2D eigenvalue weighted by molar-refractivity contribution is 5.72. The Morgan fingerprint density at radius 3 is 2.88 bits per heavy atom. The second kappa shape index (κ2) is 6.21. The van der Waals surface area contributed by atoms with E-state index in [1.807, 2.05) is 6.92 Å². The zero-order valence-electron chi connectivity index (χ0n) is 10.6. The molecule has 1 heterocycles. The average molecular weight is 228 g/mol. The van der Waals surface area contributed by atoms with Crippen molar-refractivity contribution in [3.05, 3.63) is 0 Å². The standard InChI is InChI=1S/C12H24N2O2/c1-9-4-5-14(11(6-9)7-13)8-10(2)12(15)16-3/h9-11H,4-8,13H2,1-3H3. The molecule has 1 saturated heterocycles. The minimum absolute atomic E-state index is 0.0625. The quantitative estimate of drug-likeness (QED) is 0.725. The second-order valence-electron chi connectivity index (χ2n) is 4.94. The molecule has 0 amide bonds. The third kappa shape index (κ3) is 3.46. The van der Waals surface area contributed by atoms with Crippen LogP contribution in [0.1, 0.15) is 26.7 Å². The molecule has 0 bridgehead atoms. The van der Waals surface area contributed by atoms with Gasteiger partial charge in [0.05, 0.1) is 13.0 Å². The number of esters is 1. The Morgan fingerprint density at radius 2 is 2.31 bits per heavy atom. The third-order valence-electron chi connectivity index (χ3n) is 3.48. The summed E-state index contributed by atoms with van der Waals surface area (Å²) in [6.45, 7) is 6.67. The van der Waals surface area contributed by atoms with Crippen molar-refractivity contribution in [3.8, 4) is 0 Å². The van der Waals surface area contributed by atoms with Crippen LogP contribution in [0.15, 0.2) is 0 Å². The van der Waals surface area contributed by atoms with Gasteiger partial charge in [-0.25, -0.2) is 0 Å². The number of methoxy groups -OCH3 is 1. The van der Waals surface area contributed by atoms with E-state index in [4.69, 9.17) is 10.5 Å². The van der Waals surface area contributed by atoms with Crippen molar-refractivity contribution >= 4 is 5.97 Å². The van der Waals surface area contributed by atoms with Crippen LogP contribution in [0.2, 0.25) is 0 Å². The normalized spacial score (nSPS) is 28.8. The molecule has 1 rings (SSSR count). The molecule has 1 fully saturated rings. The Hall–Kier alpha value is -0.610. The molecule has 1 aliphatic rings. The van der Waals surface area contributed by atoms with Gasteiger partial charge in [-0.3, -0.25) is 9.69 Å². The van der Waals surface area contributed by atoms with Gasteiger partial charge in [0, 0.05) is 19.1 Å². The van der Waals surface area contributed by atoms with Crippen molar-refractivity contribution in [1.82, 2.24) is 4.90 Å². The fraction of sp³-hybridized carbons (Fsp3) is 0.917. The summed E-state index contributed by atoms with van der Waals surface area (Å²) in [6, 6.07) is 0.427. The number of likely N-dealkylation sites (tertiary alicyclic amines) is 1. The highest BCUT2D eigenvalue weighted by atomic mass is 16.5. The van der Waals surface area contributed by atoms with E-state index in [9.17, 15) is 4.79 Å². The van der Waals surface area contributed by atoms with Crippen molar-refractivity contribution < 1.29 is 9.53 Å². The summed E-state index contributed by atoms with van der Waals surface area (Å²) in [5, 5.41) is 0. The van der Waals surface area contributed by atoms with E-state index in [1.165, 1.54) is 13.5 Å². The maximum absolute atomic E-state index is 11.4. The number of hydrogen-bond donors (Lipinski definition) is 1. The molecule has 0 spiro atoms. The van der Waals surface area contributed by atoms with E-state index in [1.54, 1.807) is 0 Å². The summed E-state index contributed by atoms with van der Waals surface area (Å²) in [5.41, 5.74) is 5.78. The van der Waals surface area contributed by atoms with E-state index >= 15 is 0 Å². The molecule has 0 aromatic rings. The highest BCUT2D eigenvalue weighted by Gasteiger charge is 2.28. The molecule has 1 aliphatic heterocycles. The SMILES string of the molecule is COC(=O)C(C)CN1CCC(C)CC1CN. The fourth-order valence-electron chi connectivity index (χ4n) is 2.41. The highest BCUT2D eigenvalue weighted by Crippen LogP contribution is 2.22. The van der Waals surface area contributed by atoms with Crippen LogP contribution in [0, 0.1) is 11.8 Å². The topological polar surface area (TPSA) is 55.6 Å². The zero-order chi connectivity index (χ0) is 12.1. The van der Waals surface area contributed by atoms with E-state index in [0.717, 1.165) is 25.4 Å². The monoisotopic (exact) mass is 228 g/mol. The number of hydrogen-bond acceptors (Lipinski definition) is 4. The van der Waals surface area contributed by atoms with E-state index in [0.29, 0.717) is 12.6 Å². The summed E-state index contributed by atoms with van der Waals surface area (Å²) >= 11 is 0. The van der Waals surface area contributed by atoms with Gasteiger partial charge in [0.1, 0.15) is 0 Å².